The number of nitrogens with zero attached hydrogens (tertiary/aromatic N) is 1. The summed E-state index contributed by atoms with van der Waals surface area (Å²) in [5, 5.41) is 13.3. The number of urea groups is 1. The molecule has 0 bridgehead atoms. The van der Waals surface area contributed by atoms with E-state index in [1.54, 1.807) is 0 Å². The number of rotatable bonds is 3. The Morgan fingerprint density at radius 3 is 2.88 bits per heavy atom. The van der Waals surface area contributed by atoms with Gasteiger partial charge in [0.05, 0.1) is 12.2 Å². The maximum Gasteiger partial charge on any atom is 0.315 e. The first-order valence-corrected chi connectivity index (χ1v) is 8.47. The van der Waals surface area contributed by atoms with Gasteiger partial charge in [0.1, 0.15) is 11.5 Å². The molecule has 6 nitrogen and oxygen atoms in total. The number of amides is 2. The van der Waals surface area contributed by atoms with E-state index in [1.165, 1.54) is 11.3 Å². The van der Waals surface area contributed by atoms with Crippen LogP contribution in [0.1, 0.15) is 56.0 Å². The monoisotopic (exact) mass is 330 g/mol. The average molecular weight is 330 g/mol. The number of nitrogens with one attached hydrogen (secondary N) is 3. The van der Waals surface area contributed by atoms with E-state index in [0.717, 1.165) is 30.8 Å². The number of aromatic amines is 1. The predicted molar refractivity (Wildman–Crippen MR) is 91.7 cm³/mol. The molecule has 1 aliphatic carbocycles. The predicted octanol–water partition coefficient (Wildman–Crippen LogP) is 3.26. The fourth-order valence-electron chi connectivity index (χ4n) is 3.22. The van der Waals surface area contributed by atoms with E-state index in [1.807, 2.05) is 25.3 Å². The largest absolute Gasteiger partial charge is 0.464 e. The lowest BCUT2D eigenvalue weighted by Crippen LogP contribution is -2.47. The summed E-state index contributed by atoms with van der Waals surface area (Å²) in [4.78, 5) is 12.5. The maximum absolute atomic E-state index is 12.5. The fraction of sp³-hybridized carbons (Fsp3) is 0.556. The number of carbonyl (C=O) groups is 1. The molecule has 2 aromatic heterocycles. The number of furan rings is 1. The Hall–Kier alpha value is -2.24. The summed E-state index contributed by atoms with van der Waals surface area (Å²) in [6, 6.07) is 3.66. The van der Waals surface area contributed by atoms with E-state index in [-0.39, 0.29) is 23.5 Å². The molecule has 3 rings (SSSR count). The van der Waals surface area contributed by atoms with Crippen molar-refractivity contribution >= 4 is 6.03 Å². The second-order valence-corrected chi connectivity index (χ2v) is 7.68. The molecular formula is C18H26N4O2. The highest BCUT2D eigenvalue weighted by Crippen LogP contribution is 2.33. The number of aryl methyl sites for hydroxylation is 2. The lowest BCUT2D eigenvalue weighted by atomic mass is 9.85. The normalized spacial score (nSPS) is 18.8. The third kappa shape index (κ3) is 3.63. The van der Waals surface area contributed by atoms with Gasteiger partial charge >= 0.3 is 6.03 Å². The zero-order valence-electron chi connectivity index (χ0n) is 14.8. The zero-order chi connectivity index (χ0) is 17.3. The van der Waals surface area contributed by atoms with Crippen molar-refractivity contribution in [1.82, 2.24) is 20.8 Å². The lowest BCUT2D eigenvalue weighted by Gasteiger charge is -2.31. The van der Waals surface area contributed by atoms with Gasteiger partial charge in [0.25, 0.3) is 0 Å². The van der Waals surface area contributed by atoms with Gasteiger partial charge in [-0.3, -0.25) is 5.10 Å². The van der Waals surface area contributed by atoms with Gasteiger partial charge in [0.15, 0.2) is 0 Å². The Morgan fingerprint density at radius 2 is 2.21 bits per heavy atom. The van der Waals surface area contributed by atoms with Crippen molar-refractivity contribution in [2.45, 2.75) is 59.0 Å². The number of carbonyl (C=O) groups excluding carboxylic acids is 1. The first-order chi connectivity index (χ1) is 11.3. The average Bonchev–Trinajstić information content (AvgIpc) is 3.11. The molecule has 130 valence electrons. The van der Waals surface area contributed by atoms with Crippen molar-refractivity contribution in [2.24, 2.45) is 5.41 Å². The zero-order valence-corrected chi connectivity index (χ0v) is 14.8. The van der Waals surface area contributed by atoms with Crippen LogP contribution in [-0.4, -0.2) is 22.3 Å². The molecule has 2 atom stereocenters. The van der Waals surface area contributed by atoms with Crippen molar-refractivity contribution in [3.63, 3.8) is 0 Å². The molecule has 0 saturated carbocycles. The lowest BCUT2D eigenvalue weighted by molar-refractivity contribution is 0.203. The van der Waals surface area contributed by atoms with Crippen LogP contribution in [0.25, 0.3) is 0 Å². The SMILES string of the molecule is Cc1ccc([C@H](NC(=O)N[C@@H]2CCc3[nH]ncc3C2)C(C)(C)C)o1. The molecule has 2 heterocycles. The highest BCUT2D eigenvalue weighted by atomic mass is 16.3. The summed E-state index contributed by atoms with van der Waals surface area (Å²) in [7, 11) is 0. The topological polar surface area (TPSA) is 83.0 Å². The Bertz CT molecular complexity index is 711. The van der Waals surface area contributed by atoms with Crippen molar-refractivity contribution in [2.75, 3.05) is 0 Å². The molecule has 0 radical (unpaired) electrons. The Labute approximate surface area is 142 Å². The molecule has 0 spiro atoms. The molecule has 0 saturated heterocycles. The van der Waals surface area contributed by atoms with Crippen molar-refractivity contribution in [3.05, 3.63) is 41.1 Å². The smallest absolute Gasteiger partial charge is 0.315 e. The molecule has 1 aliphatic rings. The first-order valence-electron chi connectivity index (χ1n) is 8.47. The minimum atomic E-state index is -0.181. The Balaban J connectivity index is 1.64. The van der Waals surface area contributed by atoms with Gasteiger partial charge < -0.3 is 15.1 Å². The van der Waals surface area contributed by atoms with Crippen LogP contribution in [0, 0.1) is 12.3 Å². The third-order valence-corrected chi connectivity index (χ3v) is 4.54. The summed E-state index contributed by atoms with van der Waals surface area (Å²) >= 11 is 0. The van der Waals surface area contributed by atoms with Crippen LogP contribution >= 0.6 is 0 Å². The van der Waals surface area contributed by atoms with Gasteiger partial charge in [-0.1, -0.05) is 20.8 Å². The molecule has 0 fully saturated rings. The molecule has 0 aromatic carbocycles. The third-order valence-electron chi connectivity index (χ3n) is 4.54. The quantitative estimate of drug-likeness (QED) is 0.808. The Kier molecular flexibility index (Phi) is 4.39. The van der Waals surface area contributed by atoms with Gasteiger partial charge in [-0.05, 0) is 49.3 Å². The van der Waals surface area contributed by atoms with Crippen LogP contribution < -0.4 is 10.6 Å². The number of hydrogen-bond acceptors (Lipinski definition) is 3. The minimum Gasteiger partial charge on any atom is -0.464 e. The van der Waals surface area contributed by atoms with Crippen LogP contribution in [0.3, 0.4) is 0 Å². The molecular weight excluding hydrogens is 304 g/mol. The summed E-state index contributed by atoms with van der Waals surface area (Å²) in [5.41, 5.74) is 2.24. The van der Waals surface area contributed by atoms with Crippen LogP contribution in [0.2, 0.25) is 0 Å². The molecule has 24 heavy (non-hydrogen) atoms. The highest BCUT2D eigenvalue weighted by molar-refractivity contribution is 5.75. The highest BCUT2D eigenvalue weighted by Gasteiger charge is 2.31. The van der Waals surface area contributed by atoms with Crippen molar-refractivity contribution in [3.8, 4) is 0 Å². The molecule has 0 aliphatic heterocycles. The number of aromatic nitrogens is 2. The molecule has 3 N–H and O–H groups in total. The van der Waals surface area contributed by atoms with Gasteiger partial charge in [-0.15, -0.1) is 0 Å². The molecule has 6 heteroatoms. The summed E-state index contributed by atoms with van der Waals surface area (Å²) in [5.74, 6) is 1.64. The molecule has 0 unspecified atom stereocenters. The van der Waals surface area contributed by atoms with Crippen molar-refractivity contribution in [1.29, 1.82) is 0 Å². The molecule has 2 aromatic rings. The van der Waals surface area contributed by atoms with E-state index < -0.39 is 0 Å². The standard InChI is InChI=1S/C18H26N4O2/c1-11-5-8-15(24-11)16(18(2,3)4)21-17(23)20-13-6-7-14-12(9-13)10-19-22-14/h5,8,10,13,16H,6-7,9H2,1-4H3,(H,19,22)(H2,20,21,23)/t13-,16+/m1/s1. The number of H-pyrrole nitrogens is 1. The summed E-state index contributed by atoms with van der Waals surface area (Å²) in [6.07, 6.45) is 4.51. The summed E-state index contributed by atoms with van der Waals surface area (Å²) < 4.78 is 5.74. The number of hydrogen-bond donors (Lipinski definition) is 3. The van der Waals surface area contributed by atoms with Crippen LogP contribution in [0.15, 0.2) is 22.7 Å². The van der Waals surface area contributed by atoms with E-state index in [0.29, 0.717) is 0 Å². The van der Waals surface area contributed by atoms with Gasteiger partial charge in [0.2, 0.25) is 0 Å². The van der Waals surface area contributed by atoms with Crippen LogP contribution in [0.4, 0.5) is 4.79 Å². The second kappa shape index (κ2) is 6.34. The van der Waals surface area contributed by atoms with E-state index in [4.69, 9.17) is 4.42 Å². The Morgan fingerprint density at radius 1 is 1.42 bits per heavy atom. The van der Waals surface area contributed by atoms with Gasteiger partial charge in [0, 0.05) is 11.7 Å². The molecule has 2 amide bonds. The first kappa shape index (κ1) is 16.6. The maximum atomic E-state index is 12.5. The van der Waals surface area contributed by atoms with Gasteiger partial charge in [-0.25, -0.2) is 4.79 Å². The second-order valence-electron chi connectivity index (χ2n) is 7.68. The van der Waals surface area contributed by atoms with Crippen LogP contribution in [0.5, 0.6) is 0 Å². The van der Waals surface area contributed by atoms with Crippen molar-refractivity contribution < 1.29 is 9.21 Å². The fourth-order valence-corrected chi connectivity index (χ4v) is 3.22. The van der Waals surface area contributed by atoms with Gasteiger partial charge in [-0.2, -0.15) is 5.10 Å². The van der Waals surface area contributed by atoms with E-state index >= 15 is 0 Å². The van der Waals surface area contributed by atoms with Crippen LogP contribution in [-0.2, 0) is 12.8 Å². The summed E-state index contributed by atoms with van der Waals surface area (Å²) in [6.45, 7) is 8.18. The minimum absolute atomic E-state index is 0.133. The number of fused-ring (bicyclic) bond motifs is 1. The van der Waals surface area contributed by atoms with E-state index in [9.17, 15) is 4.79 Å². The van der Waals surface area contributed by atoms with E-state index in [2.05, 4.69) is 41.6 Å².